The van der Waals surface area contributed by atoms with Gasteiger partial charge in [-0.05, 0) is 25.0 Å². The number of ether oxygens (including phenoxy) is 1. The molecule has 20 heavy (non-hydrogen) atoms. The average Bonchev–Trinajstić information content (AvgIpc) is 2.45. The summed E-state index contributed by atoms with van der Waals surface area (Å²) in [6.45, 7) is 3.70. The van der Waals surface area contributed by atoms with Crippen molar-refractivity contribution >= 4 is 11.9 Å². The van der Waals surface area contributed by atoms with Gasteiger partial charge in [-0.15, -0.1) is 0 Å². The zero-order valence-corrected chi connectivity index (χ0v) is 11.8. The Balaban J connectivity index is 2.64. The van der Waals surface area contributed by atoms with Crippen LogP contribution in [0, 0.1) is 0 Å². The van der Waals surface area contributed by atoms with E-state index in [1.54, 1.807) is 12.1 Å². The van der Waals surface area contributed by atoms with Crippen LogP contribution in [0.2, 0.25) is 0 Å². The molecule has 110 valence electrons. The van der Waals surface area contributed by atoms with Gasteiger partial charge in [0.05, 0.1) is 0 Å². The Morgan fingerprint density at radius 2 is 1.90 bits per heavy atom. The molecule has 0 aromatic heterocycles. The van der Waals surface area contributed by atoms with Gasteiger partial charge in [-0.25, -0.2) is 4.79 Å². The molecule has 0 fully saturated rings. The van der Waals surface area contributed by atoms with Crippen LogP contribution in [0.1, 0.15) is 33.1 Å². The number of rotatable bonds is 8. The third-order valence-electron chi connectivity index (χ3n) is 2.88. The van der Waals surface area contributed by atoms with Crippen LogP contribution in [0.4, 0.5) is 0 Å². The fourth-order valence-electron chi connectivity index (χ4n) is 1.80. The van der Waals surface area contributed by atoms with Gasteiger partial charge < -0.3 is 15.2 Å². The van der Waals surface area contributed by atoms with Crippen LogP contribution >= 0.6 is 0 Å². The standard InChI is InChI=1S/C15H21NO4/c1-3-8-12(15(18)19)16-14(17)13(4-2)20-11-9-6-5-7-10-11/h5-7,9-10,12-13H,3-4,8H2,1-2H3,(H,16,17)(H,18,19)/t12-,13?/m1/s1. The molecule has 0 aliphatic carbocycles. The van der Waals surface area contributed by atoms with Gasteiger partial charge in [-0.3, -0.25) is 4.79 Å². The zero-order chi connectivity index (χ0) is 15.0. The highest BCUT2D eigenvalue weighted by molar-refractivity contribution is 5.86. The highest BCUT2D eigenvalue weighted by atomic mass is 16.5. The lowest BCUT2D eigenvalue weighted by Crippen LogP contribution is -2.47. The lowest BCUT2D eigenvalue weighted by Gasteiger charge is -2.20. The SMILES string of the molecule is CCC[C@@H](NC(=O)C(CC)Oc1ccccc1)C(=O)O. The Morgan fingerprint density at radius 3 is 2.40 bits per heavy atom. The van der Waals surface area contributed by atoms with E-state index in [1.807, 2.05) is 32.0 Å². The molecule has 0 spiro atoms. The number of nitrogens with one attached hydrogen (secondary N) is 1. The number of para-hydroxylation sites is 1. The van der Waals surface area contributed by atoms with E-state index in [-0.39, 0.29) is 0 Å². The summed E-state index contributed by atoms with van der Waals surface area (Å²) in [5.74, 6) is -0.816. The van der Waals surface area contributed by atoms with Gasteiger partial charge in [0.2, 0.25) is 0 Å². The normalized spacial score (nSPS) is 13.3. The first-order chi connectivity index (χ1) is 9.58. The van der Waals surface area contributed by atoms with Crippen molar-refractivity contribution in [2.45, 2.75) is 45.3 Å². The third kappa shape index (κ3) is 4.91. The molecule has 2 atom stereocenters. The number of carboxylic acid groups (broad SMARTS) is 1. The van der Waals surface area contributed by atoms with Crippen molar-refractivity contribution in [3.8, 4) is 5.75 Å². The number of amides is 1. The second-order valence-corrected chi connectivity index (χ2v) is 4.52. The molecule has 0 heterocycles. The first-order valence-corrected chi connectivity index (χ1v) is 6.83. The van der Waals surface area contributed by atoms with Gasteiger partial charge in [0.25, 0.3) is 5.91 Å². The van der Waals surface area contributed by atoms with Crippen LogP contribution in [0.25, 0.3) is 0 Å². The number of carbonyl (C=O) groups excluding carboxylic acids is 1. The van der Waals surface area contributed by atoms with Crippen LogP contribution in [0.15, 0.2) is 30.3 Å². The van der Waals surface area contributed by atoms with Crippen LogP contribution in [0.5, 0.6) is 5.75 Å². The predicted octanol–water partition coefficient (Wildman–Crippen LogP) is 2.21. The summed E-state index contributed by atoms with van der Waals surface area (Å²) in [6, 6.07) is 8.15. The summed E-state index contributed by atoms with van der Waals surface area (Å²) in [7, 11) is 0. The number of carbonyl (C=O) groups is 2. The maximum Gasteiger partial charge on any atom is 0.326 e. The van der Waals surface area contributed by atoms with Crippen molar-refractivity contribution in [1.29, 1.82) is 0 Å². The van der Waals surface area contributed by atoms with E-state index in [4.69, 9.17) is 9.84 Å². The maximum atomic E-state index is 12.1. The minimum atomic E-state index is -1.02. The average molecular weight is 279 g/mol. The first kappa shape index (κ1) is 16.0. The Kier molecular flexibility index (Phi) is 6.56. The van der Waals surface area contributed by atoms with Crippen molar-refractivity contribution in [3.63, 3.8) is 0 Å². The molecule has 1 amide bonds. The summed E-state index contributed by atoms with van der Waals surface area (Å²) in [6.07, 6.45) is 0.881. The molecule has 0 bridgehead atoms. The smallest absolute Gasteiger partial charge is 0.326 e. The van der Waals surface area contributed by atoms with Gasteiger partial charge in [0, 0.05) is 0 Å². The van der Waals surface area contributed by atoms with E-state index in [0.29, 0.717) is 25.0 Å². The van der Waals surface area contributed by atoms with Crippen molar-refractivity contribution in [3.05, 3.63) is 30.3 Å². The number of aliphatic carboxylic acids is 1. The minimum absolute atomic E-state index is 0.391. The van der Waals surface area contributed by atoms with Gasteiger partial charge in [-0.2, -0.15) is 0 Å². The number of hydrogen-bond acceptors (Lipinski definition) is 3. The molecule has 2 N–H and O–H groups in total. The van der Waals surface area contributed by atoms with E-state index in [9.17, 15) is 9.59 Å². The number of benzene rings is 1. The summed E-state index contributed by atoms with van der Waals surface area (Å²) < 4.78 is 5.58. The molecule has 1 unspecified atom stereocenters. The van der Waals surface area contributed by atoms with Gasteiger partial charge >= 0.3 is 5.97 Å². The molecule has 1 rings (SSSR count). The van der Waals surface area contributed by atoms with Crippen molar-refractivity contribution in [1.82, 2.24) is 5.32 Å². The fourth-order valence-corrected chi connectivity index (χ4v) is 1.80. The molecule has 5 nitrogen and oxygen atoms in total. The zero-order valence-electron chi connectivity index (χ0n) is 11.8. The molecular weight excluding hydrogens is 258 g/mol. The van der Waals surface area contributed by atoms with E-state index < -0.39 is 24.0 Å². The van der Waals surface area contributed by atoms with Gasteiger partial charge in [-0.1, -0.05) is 38.5 Å². The monoisotopic (exact) mass is 279 g/mol. The largest absolute Gasteiger partial charge is 0.481 e. The number of hydrogen-bond donors (Lipinski definition) is 2. The highest BCUT2D eigenvalue weighted by Gasteiger charge is 2.24. The van der Waals surface area contributed by atoms with Crippen LogP contribution in [-0.2, 0) is 9.59 Å². The second-order valence-electron chi connectivity index (χ2n) is 4.52. The Hall–Kier alpha value is -2.04. The Labute approximate surface area is 118 Å². The Bertz CT molecular complexity index is 433. The molecule has 0 aliphatic rings. The van der Waals surface area contributed by atoms with E-state index >= 15 is 0 Å². The summed E-state index contributed by atoms with van der Waals surface area (Å²) >= 11 is 0. The lowest BCUT2D eigenvalue weighted by atomic mass is 10.1. The molecule has 1 aromatic carbocycles. The predicted molar refractivity (Wildman–Crippen MR) is 75.6 cm³/mol. The highest BCUT2D eigenvalue weighted by Crippen LogP contribution is 2.13. The quantitative estimate of drug-likeness (QED) is 0.765. The summed E-state index contributed by atoms with van der Waals surface area (Å²) in [5.41, 5.74) is 0. The van der Waals surface area contributed by atoms with Crippen LogP contribution < -0.4 is 10.1 Å². The molecule has 0 saturated carbocycles. The van der Waals surface area contributed by atoms with Gasteiger partial charge in [0.1, 0.15) is 11.8 Å². The van der Waals surface area contributed by atoms with E-state index in [1.165, 1.54) is 0 Å². The molecular formula is C15H21NO4. The topological polar surface area (TPSA) is 75.6 Å². The number of carboxylic acids is 1. The summed E-state index contributed by atoms with van der Waals surface area (Å²) in [4.78, 5) is 23.1. The van der Waals surface area contributed by atoms with Gasteiger partial charge in [0.15, 0.2) is 6.10 Å². The van der Waals surface area contributed by atoms with Crippen LogP contribution in [-0.4, -0.2) is 29.1 Å². The molecule has 5 heteroatoms. The van der Waals surface area contributed by atoms with Crippen molar-refractivity contribution in [2.75, 3.05) is 0 Å². The molecule has 0 radical (unpaired) electrons. The Morgan fingerprint density at radius 1 is 1.25 bits per heavy atom. The molecule has 0 aliphatic heterocycles. The fraction of sp³-hybridized carbons (Fsp3) is 0.467. The van der Waals surface area contributed by atoms with Crippen LogP contribution in [0.3, 0.4) is 0 Å². The summed E-state index contributed by atoms with van der Waals surface area (Å²) in [5, 5.41) is 11.6. The third-order valence-corrected chi connectivity index (χ3v) is 2.88. The van der Waals surface area contributed by atoms with E-state index in [0.717, 1.165) is 0 Å². The van der Waals surface area contributed by atoms with Crippen molar-refractivity contribution in [2.24, 2.45) is 0 Å². The minimum Gasteiger partial charge on any atom is -0.481 e. The second kappa shape index (κ2) is 8.19. The molecule has 1 aromatic rings. The lowest BCUT2D eigenvalue weighted by molar-refractivity contribution is -0.143. The first-order valence-electron chi connectivity index (χ1n) is 6.83. The maximum absolute atomic E-state index is 12.1. The van der Waals surface area contributed by atoms with Crippen molar-refractivity contribution < 1.29 is 19.4 Å². The van der Waals surface area contributed by atoms with E-state index in [2.05, 4.69) is 5.32 Å². The molecule has 0 saturated heterocycles.